The molecule has 0 aliphatic carbocycles. The highest BCUT2D eigenvalue weighted by Gasteiger charge is 2.45. The van der Waals surface area contributed by atoms with E-state index in [-0.39, 0.29) is 12.1 Å². The summed E-state index contributed by atoms with van der Waals surface area (Å²) in [6.07, 6.45) is 3.24. The van der Waals surface area contributed by atoms with Crippen LogP contribution in [0.1, 0.15) is 5.56 Å². The molecule has 2 aromatic rings. The predicted octanol–water partition coefficient (Wildman–Crippen LogP) is 0.506. The van der Waals surface area contributed by atoms with Crippen LogP contribution in [0.25, 0.3) is 0 Å². The highest BCUT2D eigenvalue weighted by atomic mass is 32.2. The molecule has 0 saturated carbocycles. The average molecular weight is 299 g/mol. The quantitative estimate of drug-likeness (QED) is 0.869. The van der Waals surface area contributed by atoms with Crippen LogP contribution in [0, 0.1) is 0 Å². The van der Waals surface area contributed by atoms with Crippen LogP contribution in [-0.4, -0.2) is 40.0 Å². The summed E-state index contributed by atoms with van der Waals surface area (Å²) >= 11 is 0. The fourth-order valence-electron chi connectivity index (χ4n) is 1.94. The number of nitrogens with zero attached hydrogens (tertiary/aromatic N) is 3. The Balaban J connectivity index is 2.48. The molecule has 0 aliphatic rings. The van der Waals surface area contributed by atoms with E-state index >= 15 is 0 Å². The van der Waals surface area contributed by atoms with Crippen LogP contribution in [0.5, 0.6) is 0 Å². The molecule has 1 heterocycles. The molecule has 20 heavy (non-hydrogen) atoms. The molecule has 0 amide bonds. The predicted molar refractivity (Wildman–Crippen MR) is 70.1 cm³/mol. The van der Waals surface area contributed by atoms with E-state index in [1.807, 2.05) is 0 Å². The Morgan fingerprint density at radius 2 is 2.05 bits per heavy atom. The van der Waals surface area contributed by atoms with Gasteiger partial charge in [-0.05, 0) is 5.56 Å². The van der Waals surface area contributed by atoms with Crippen molar-refractivity contribution in [3.05, 3.63) is 48.5 Å². The number of alkyl halides is 1. The van der Waals surface area contributed by atoms with Gasteiger partial charge >= 0.3 is 0 Å². The van der Waals surface area contributed by atoms with Crippen molar-refractivity contribution >= 4 is 9.84 Å². The summed E-state index contributed by atoms with van der Waals surface area (Å²) in [5.41, 5.74) is -4.54. The molecule has 0 spiro atoms. The van der Waals surface area contributed by atoms with E-state index in [2.05, 4.69) is 10.1 Å². The zero-order chi connectivity index (χ0) is 14.8. The second kappa shape index (κ2) is 5.29. The minimum Gasteiger partial charge on any atom is -0.379 e. The van der Waals surface area contributed by atoms with E-state index in [0.29, 0.717) is 0 Å². The molecular weight excluding hydrogens is 285 g/mol. The first kappa shape index (κ1) is 14.6. The van der Waals surface area contributed by atoms with Gasteiger partial charge in [0.15, 0.2) is 15.4 Å². The normalized spacial score (nSPS) is 16.6. The Labute approximate surface area is 115 Å². The van der Waals surface area contributed by atoms with Crippen LogP contribution in [0.15, 0.2) is 43.0 Å². The molecule has 2 atom stereocenters. The lowest BCUT2D eigenvalue weighted by molar-refractivity contribution is -0.0258. The van der Waals surface area contributed by atoms with Crippen LogP contribution in [0.2, 0.25) is 0 Å². The zero-order valence-corrected chi connectivity index (χ0v) is 11.5. The minimum absolute atomic E-state index is 0.161. The van der Waals surface area contributed by atoms with Crippen molar-refractivity contribution in [3.8, 4) is 0 Å². The Morgan fingerprint density at radius 3 is 2.55 bits per heavy atom. The van der Waals surface area contributed by atoms with Crippen molar-refractivity contribution in [2.75, 3.05) is 6.26 Å². The standard InChI is InChI=1S/C12H14FN3O3S/c1-20(18,19)11(13)12(17,7-16-9-14-8-15-16)10-5-3-2-4-6-10/h2-6,8-9,11,17H,7H2,1H3. The van der Waals surface area contributed by atoms with E-state index in [9.17, 15) is 17.9 Å². The third kappa shape index (κ3) is 2.86. The molecule has 2 rings (SSSR count). The van der Waals surface area contributed by atoms with Crippen molar-refractivity contribution in [2.24, 2.45) is 0 Å². The lowest BCUT2D eigenvalue weighted by atomic mass is 9.95. The maximum absolute atomic E-state index is 14.3. The molecule has 0 radical (unpaired) electrons. The molecule has 1 N–H and O–H groups in total. The number of aliphatic hydroxyl groups is 1. The van der Waals surface area contributed by atoms with Gasteiger partial charge in [-0.15, -0.1) is 0 Å². The molecule has 6 nitrogen and oxygen atoms in total. The SMILES string of the molecule is CS(=O)(=O)C(F)C(O)(Cn1cncn1)c1ccccc1. The molecule has 0 saturated heterocycles. The molecule has 8 heteroatoms. The third-order valence-electron chi connectivity index (χ3n) is 2.89. The molecule has 0 fully saturated rings. The van der Waals surface area contributed by atoms with Crippen molar-refractivity contribution in [2.45, 2.75) is 17.6 Å². The Bertz CT molecular complexity index is 661. The first-order chi connectivity index (χ1) is 9.34. The van der Waals surface area contributed by atoms with E-state index in [4.69, 9.17) is 0 Å². The molecule has 1 aromatic carbocycles. The van der Waals surface area contributed by atoms with Crippen LogP contribution >= 0.6 is 0 Å². The second-order valence-electron chi connectivity index (χ2n) is 4.53. The molecule has 108 valence electrons. The summed E-state index contributed by atoms with van der Waals surface area (Å²) in [5, 5.41) is 14.4. The van der Waals surface area contributed by atoms with Crippen molar-refractivity contribution in [1.29, 1.82) is 0 Å². The monoisotopic (exact) mass is 299 g/mol. The van der Waals surface area contributed by atoms with Crippen molar-refractivity contribution in [1.82, 2.24) is 14.8 Å². The summed E-state index contributed by atoms with van der Waals surface area (Å²) in [5.74, 6) is 0. The summed E-state index contributed by atoms with van der Waals surface area (Å²) in [6.45, 7) is -0.356. The molecule has 0 aliphatic heterocycles. The highest BCUT2D eigenvalue weighted by molar-refractivity contribution is 7.91. The van der Waals surface area contributed by atoms with Crippen molar-refractivity contribution in [3.63, 3.8) is 0 Å². The maximum Gasteiger partial charge on any atom is 0.234 e. The van der Waals surface area contributed by atoms with E-state index in [0.717, 1.165) is 6.26 Å². The third-order valence-corrected chi connectivity index (χ3v) is 4.04. The number of hydrogen-bond acceptors (Lipinski definition) is 5. The van der Waals surface area contributed by atoms with E-state index < -0.39 is 20.9 Å². The number of hydrogen-bond donors (Lipinski definition) is 1. The lowest BCUT2D eigenvalue weighted by Crippen LogP contribution is -2.45. The number of sulfone groups is 1. The van der Waals surface area contributed by atoms with Crippen LogP contribution in [-0.2, 0) is 22.0 Å². The topological polar surface area (TPSA) is 85.1 Å². The molecule has 0 bridgehead atoms. The van der Waals surface area contributed by atoms with Gasteiger partial charge in [0.1, 0.15) is 12.7 Å². The summed E-state index contributed by atoms with van der Waals surface area (Å²) < 4.78 is 38.5. The van der Waals surface area contributed by atoms with Gasteiger partial charge in [-0.2, -0.15) is 5.10 Å². The van der Waals surface area contributed by atoms with Gasteiger partial charge < -0.3 is 5.11 Å². The first-order valence-electron chi connectivity index (χ1n) is 5.77. The van der Waals surface area contributed by atoms with Crippen molar-refractivity contribution < 1.29 is 17.9 Å². The van der Waals surface area contributed by atoms with Crippen LogP contribution < -0.4 is 0 Å². The molecule has 2 unspecified atom stereocenters. The van der Waals surface area contributed by atoms with Crippen LogP contribution in [0.3, 0.4) is 0 Å². The van der Waals surface area contributed by atoms with Crippen LogP contribution in [0.4, 0.5) is 4.39 Å². The fraction of sp³-hybridized carbons (Fsp3) is 0.333. The van der Waals surface area contributed by atoms with Gasteiger partial charge in [0.25, 0.3) is 0 Å². The smallest absolute Gasteiger partial charge is 0.234 e. The van der Waals surface area contributed by atoms with E-state index in [1.54, 1.807) is 18.2 Å². The maximum atomic E-state index is 14.3. The van der Waals surface area contributed by atoms with Gasteiger partial charge in [-0.25, -0.2) is 22.5 Å². The average Bonchev–Trinajstić information content (AvgIpc) is 2.90. The lowest BCUT2D eigenvalue weighted by Gasteiger charge is -2.30. The summed E-state index contributed by atoms with van der Waals surface area (Å²) in [6, 6.07) is 7.81. The number of halogens is 1. The fourth-order valence-corrected chi connectivity index (χ4v) is 2.86. The van der Waals surface area contributed by atoms with Gasteiger partial charge in [-0.3, -0.25) is 0 Å². The largest absolute Gasteiger partial charge is 0.379 e. The zero-order valence-electron chi connectivity index (χ0n) is 10.7. The number of aromatic nitrogens is 3. The summed E-state index contributed by atoms with van der Waals surface area (Å²) in [4.78, 5) is 3.69. The minimum atomic E-state index is -4.09. The Hall–Kier alpha value is -1.80. The first-order valence-corrected chi connectivity index (χ1v) is 7.73. The molecule has 1 aromatic heterocycles. The van der Waals surface area contributed by atoms with Gasteiger partial charge in [-0.1, -0.05) is 30.3 Å². The Kier molecular flexibility index (Phi) is 3.87. The molecular formula is C12H14FN3O3S. The number of benzene rings is 1. The van der Waals surface area contributed by atoms with Gasteiger partial charge in [0.05, 0.1) is 6.54 Å². The highest BCUT2D eigenvalue weighted by Crippen LogP contribution is 2.31. The Morgan fingerprint density at radius 1 is 1.40 bits per heavy atom. The second-order valence-corrected chi connectivity index (χ2v) is 6.60. The van der Waals surface area contributed by atoms with E-state index in [1.165, 1.54) is 29.5 Å². The summed E-state index contributed by atoms with van der Waals surface area (Å²) in [7, 11) is -4.09. The number of rotatable bonds is 5. The van der Waals surface area contributed by atoms with Gasteiger partial charge in [0, 0.05) is 6.26 Å². The van der Waals surface area contributed by atoms with Gasteiger partial charge in [0.2, 0.25) is 5.50 Å².